The highest BCUT2D eigenvalue weighted by atomic mass is 16.7. The molecule has 0 aromatic rings. The molecular weight excluding hydrogens is 188 g/mol. The smallest absolute Gasteiger partial charge is 0.170 e. The van der Waals surface area contributed by atoms with Crippen molar-refractivity contribution in [3.8, 4) is 0 Å². The Balaban J connectivity index is 2.20. The van der Waals surface area contributed by atoms with Crippen molar-refractivity contribution >= 4 is 0 Å². The van der Waals surface area contributed by atoms with Gasteiger partial charge in [0.05, 0.1) is 13.2 Å². The van der Waals surface area contributed by atoms with Crippen molar-refractivity contribution in [3.63, 3.8) is 0 Å². The third-order valence-electron chi connectivity index (χ3n) is 3.51. The Morgan fingerprint density at radius 1 is 1.33 bits per heavy atom. The van der Waals surface area contributed by atoms with Crippen molar-refractivity contribution in [1.29, 1.82) is 0 Å². The first-order valence-corrected chi connectivity index (χ1v) is 6.54. The van der Waals surface area contributed by atoms with Crippen molar-refractivity contribution in [1.82, 2.24) is 0 Å². The maximum atomic E-state index is 5.94. The van der Waals surface area contributed by atoms with Gasteiger partial charge in [-0.25, -0.2) is 0 Å². The Bertz CT molecular complexity index is 158. The van der Waals surface area contributed by atoms with Gasteiger partial charge in [-0.3, -0.25) is 0 Å². The van der Waals surface area contributed by atoms with Gasteiger partial charge >= 0.3 is 0 Å². The van der Waals surface area contributed by atoms with Crippen LogP contribution in [-0.4, -0.2) is 19.0 Å². The van der Waals surface area contributed by atoms with Gasteiger partial charge in [0.15, 0.2) is 5.79 Å². The molecule has 0 amide bonds. The first kappa shape index (κ1) is 13.0. The SMILES string of the molecule is CCCCC(CC)COC1(CC)CCO1. The van der Waals surface area contributed by atoms with E-state index in [2.05, 4.69) is 20.8 Å². The van der Waals surface area contributed by atoms with Crippen LogP contribution in [-0.2, 0) is 9.47 Å². The zero-order chi connectivity index (χ0) is 11.1. The van der Waals surface area contributed by atoms with E-state index in [0.717, 1.165) is 32.0 Å². The highest BCUT2D eigenvalue weighted by Gasteiger charge is 2.37. The number of rotatable bonds is 8. The summed E-state index contributed by atoms with van der Waals surface area (Å²) < 4.78 is 11.5. The van der Waals surface area contributed by atoms with Crippen molar-refractivity contribution < 1.29 is 9.47 Å². The first-order valence-electron chi connectivity index (χ1n) is 6.54. The van der Waals surface area contributed by atoms with E-state index in [0.29, 0.717) is 0 Å². The highest BCUT2D eigenvalue weighted by Crippen LogP contribution is 2.32. The van der Waals surface area contributed by atoms with Crippen LogP contribution in [0.3, 0.4) is 0 Å². The molecule has 2 unspecified atom stereocenters. The Hall–Kier alpha value is -0.0800. The number of hydrogen-bond acceptors (Lipinski definition) is 2. The van der Waals surface area contributed by atoms with Gasteiger partial charge in [0.25, 0.3) is 0 Å². The minimum absolute atomic E-state index is 0.209. The summed E-state index contributed by atoms with van der Waals surface area (Å²) >= 11 is 0. The van der Waals surface area contributed by atoms with E-state index in [1.54, 1.807) is 0 Å². The van der Waals surface area contributed by atoms with Crippen LogP contribution in [0.1, 0.15) is 59.3 Å². The molecular formula is C13H26O2. The van der Waals surface area contributed by atoms with Crippen molar-refractivity contribution in [3.05, 3.63) is 0 Å². The fourth-order valence-electron chi connectivity index (χ4n) is 1.99. The van der Waals surface area contributed by atoms with E-state index >= 15 is 0 Å². The molecule has 1 fully saturated rings. The Morgan fingerprint density at radius 3 is 2.47 bits per heavy atom. The second-order valence-corrected chi connectivity index (χ2v) is 4.59. The predicted octanol–water partition coefficient (Wildman–Crippen LogP) is 3.75. The Kier molecular flexibility index (Phi) is 5.62. The van der Waals surface area contributed by atoms with Crippen molar-refractivity contribution in [2.24, 2.45) is 5.92 Å². The number of unbranched alkanes of at least 4 members (excludes halogenated alkanes) is 1. The lowest BCUT2D eigenvalue weighted by atomic mass is 9.99. The Morgan fingerprint density at radius 2 is 2.07 bits per heavy atom. The summed E-state index contributed by atoms with van der Waals surface area (Å²) in [6, 6.07) is 0. The zero-order valence-electron chi connectivity index (χ0n) is 10.6. The maximum Gasteiger partial charge on any atom is 0.170 e. The standard InChI is InChI=1S/C13H26O2/c1-4-7-8-12(5-2)11-15-13(6-3)9-10-14-13/h12H,4-11H2,1-3H3. The third-order valence-corrected chi connectivity index (χ3v) is 3.51. The quantitative estimate of drug-likeness (QED) is 0.612. The maximum absolute atomic E-state index is 5.94. The van der Waals surface area contributed by atoms with Gasteiger partial charge in [-0.1, -0.05) is 40.0 Å². The second kappa shape index (κ2) is 6.49. The van der Waals surface area contributed by atoms with Crippen molar-refractivity contribution in [2.45, 2.75) is 65.1 Å². The van der Waals surface area contributed by atoms with Gasteiger partial charge in [0.1, 0.15) is 0 Å². The summed E-state index contributed by atoms with van der Waals surface area (Å²) in [5.41, 5.74) is 0. The molecule has 2 atom stereocenters. The molecule has 2 heteroatoms. The lowest BCUT2D eigenvalue weighted by Crippen LogP contribution is -2.46. The Labute approximate surface area is 94.3 Å². The molecule has 1 saturated heterocycles. The van der Waals surface area contributed by atoms with E-state index in [-0.39, 0.29) is 5.79 Å². The minimum Gasteiger partial charge on any atom is -0.350 e. The van der Waals surface area contributed by atoms with E-state index in [1.807, 2.05) is 0 Å². The summed E-state index contributed by atoms with van der Waals surface area (Å²) in [7, 11) is 0. The molecule has 0 radical (unpaired) electrons. The molecule has 90 valence electrons. The fourth-order valence-corrected chi connectivity index (χ4v) is 1.99. The average molecular weight is 214 g/mol. The second-order valence-electron chi connectivity index (χ2n) is 4.59. The monoisotopic (exact) mass is 214 g/mol. The molecule has 0 saturated carbocycles. The summed E-state index contributed by atoms with van der Waals surface area (Å²) in [4.78, 5) is 0. The zero-order valence-corrected chi connectivity index (χ0v) is 10.6. The molecule has 1 heterocycles. The van der Waals surface area contributed by atoms with Crippen LogP contribution in [0.15, 0.2) is 0 Å². The summed E-state index contributed by atoms with van der Waals surface area (Å²) in [6.45, 7) is 8.40. The fraction of sp³-hybridized carbons (Fsp3) is 1.00. The molecule has 2 nitrogen and oxygen atoms in total. The lowest BCUT2D eigenvalue weighted by molar-refractivity contribution is -0.312. The highest BCUT2D eigenvalue weighted by molar-refractivity contribution is 4.76. The van der Waals surface area contributed by atoms with Gasteiger partial charge in [-0.15, -0.1) is 0 Å². The van der Waals surface area contributed by atoms with E-state index in [9.17, 15) is 0 Å². The van der Waals surface area contributed by atoms with Gasteiger partial charge in [-0.05, 0) is 18.8 Å². The topological polar surface area (TPSA) is 18.5 Å². The largest absolute Gasteiger partial charge is 0.350 e. The van der Waals surface area contributed by atoms with Crippen LogP contribution in [0.25, 0.3) is 0 Å². The molecule has 0 aromatic carbocycles. The normalized spacial score (nSPS) is 27.4. The van der Waals surface area contributed by atoms with Crippen molar-refractivity contribution in [2.75, 3.05) is 13.2 Å². The molecule has 1 rings (SSSR count). The number of ether oxygens (including phenoxy) is 2. The van der Waals surface area contributed by atoms with Crippen LogP contribution < -0.4 is 0 Å². The van der Waals surface area contributed by atoms with Gasteiger partial charge in [0.2, 0.25) is 0 Å². The molecule has 0 aromatic heterocycles. The summed E-state index contributed by atoms with van der Waals surface area (Å²) in [5.74, 6) is 0.511. The van der Waals surface area contributed by atoms with Crippen LogP contribution >= 0.6 is 0 Å². The molecule has 15 heavy (non-hydrogen) atoms. The molecule has 1 aliphatic heterocycles. The van der Waals surface area contributed by atoms with E-state index < -0.39 is 0 Å². The summed E-state index contributed by atoms with van der Waals surface area (Å²) in [6.07, 6.45) is 7.19. The molecule has 0 aliphatic carbocycles. The molecule has 0 bridgehead atoms. The molecule has 0 spiro atoms. The predicted molar refractivity (Wildman–Crippen MR) is 62.8 cm³/mol. The van der Waals surface area contributed by atoms with Crippen LogP contribution in [0.2, 0.25) is 0 Å². The number of hydrogen-bond donors (Lipinski definition) is 0. The van der Waals surface area contributed by atoms with E-state index in [1.165, 1.54) is 25.7 Å². The van der Waals surface area contributed by atoms with Gasteiger partial charge < -0.3 is 9.47 Å². The molecule has 0 N–H and O–H groups in total. The van der Waals surface area contributed by atoms with Gasteiger partial charge in [0, 0.05) is 6.42 Å². The first-order chi connectivity index (χ1) is 7.26. The van der Waals surface area contributed by atoms with E-state index in [4.69, 9.17) is 9.47 Å². The van der Waals surface area contributed by atoms with Crippen LogP contribution in [0, 0.1) is 5.92 Å². The van der Waals surface area contributed by atoms with Crippen LogP contribution in [0.5, 0.6) is 0 Å². The summed E-state index contributed by atoms with van der Waals surface area (Å²) in [5, 5.41) is 0. The third kappa shape index (κ3) is 3.76. The lowest BCUT2D eigenvalue weighted by Gasteiger charge is -2.41. The average Bonchev–Trinajstić information content (AvgIpc) is 2.21. The molecule has 1 aliphatic rings. The van der Waals surface area contributed by atoms with Gasteiger partial charge in [-0.2, -0.15) is 0 Å². The van der Waals surface area contributed by atoms with Crippen LogP contribution in [0.4, 0.5) is 0 Å². The minimum atomic E-state index is -0.209.